The fraction of sp³-hybridized carbons (Fsp3) is 0.448. The Morgan fingerprint density at radius 2 is 1.78 bits per heavy atom. The number of benzene rings is 1. The van der Waals surface area contributed by atoms with Crippen molar-refractivity contribution in [2.45, 2.75) is 39.4 Å². The van der Waals surface area contributed by atoms with Crippen molar-refractivity contribution in [2.24, 2.45) is 11.8 Å². The number of pyridine rings is 1. The van der Waals surface area contributed by atoms with Gasteiger partial charge in [0.1, 0.15) is 5.82 Å². The molecule has 2 saturated heterocycles. The molecule has 3 atom stereocenters. The van der Waals surface area contributed by atoms with Crippen LogP contribution in [0.15, 0.2) is 42.6 Å². The van der Waals surface area contributed by atoms with Crippen LogP contribution in [-0.2, 0) is 11.0 Å². The zero-order valence-electron chi connectivity index (χ0n) is 23.1. The molecule has 2 amide bonds. The van der Waals surface area contributed by atoms with E-state index in [2.05, 4.69) is 20.3 Å². The number of aryl methyl sites for hydroxylation is 1. The minimum atomic E-state index is -4.49. The second kappa shape index (κ2) is 11.2. The van der Waals surface area contributed by atoms with Crippen LogP contribution in [0.4, 0.5) is 17.6 Å². The molecule has 218 valence electrons. The second-order valence-corrected chi connectivity index (χ2v) is 10.9. The summed E-state index contributed by atoms with van der Waals surface area (Å²) in [6.45, 7) is 8.44. The topological polar surface area (TPSA) is 83.4 Å². The average molecular weight is 573 g/mol. The molecule has 0 saturated carbocycles. The molecule has 2 aliphatic heterocycles. The largest absolute Gasteiger partial charge is 0.417 e. The fourth-order valence-corrected chi connectivity index (χ4v) is 6.05. The van der Waals surface area contributed by atoms with E-state index in [4.69, 9.17) is 0 Å². The van der Waals surface area contributed by atoms with E-state index in [0.717, 1.165) is 37.5 Å². The molecule has 12 heteroatoms. The first-order valence-corrected chi connectivity index (χ1v) is 13.5. The second-order valence-electron chi connectivity index (χ2n) is 10.9. The molecular formula is C29H32F4N6O2. The maximum Gasteiger partial charge on any atom is 0.417 e. The lowest BCUT2D eigenvalue weighted by atomic mass is 10.0. The number of likely N-dealkylation sites (tertiary alicyclic amines) is 2. The van der Waals surface area contributed by atoms with Gasteiger partial charge in [0.25, 0.3) is 5.91 Å². The summed E-state index contributed by atoms with van der Waals surface area (Å²) in [6, 6.07) is 8.18. The van der Waals surface area contributed by atoms with Gasteiger partial charge < -0.3 is 15.1 Å². The van der Waals surface area contributed by atoms with Crippen LogP contribution < -0.4 is 5.32 Å². The van der Waals surface area contributed by atoms with Crippen molar-refractivity contribution in [2.75, 3.05) is 32.7 Å². The summed E-state index contributed by atoms with van der Waals surface area (Å²) in [5, 5.41) is 7.33. The summed E-state index contributed by atoms with van der Waals surface area (Å²) in [6.07, 6.45) is -3.09. The SMILES string of the molecule is CC(=O)NC(CCN1CC2CN(C(=O)c3c(C)nn(-c4ccc(C(F)(F)F)cn4)c3C)CC2C1)c1cccc(F)c1. The monoisotopic (exact) mass is 572 g/mol. The van der Waals surface area contributed by atoms with Crippen molar-refractivity contribution >= 4 is 11.8 Å². The van der Waals surface area contributed by atoms with Gasteiger partial charge in [0.05, 0.1) is 28.6 Å². The highest BCUT2D eigenvalue weighted by Gasteiger charge is 2.42. The summed E-state index contributed by atoms with van der Waals surface area (Å²) in [4.78, 5) is 33.4. The first-order chi connectivity index (χ1) is 19.4. The van der Waals surface area contributed by atoms with Gasteiger partial charge in [-0.2, -0.15) is 18.3 Å². The molecule has 0 spiro atoms. The van der Waals surface area contributed by atoms with E-state index in [9.17, 15) is 27.2 Å². The Labute approximate surface area is 235 Å². The lowest BCUT2D eigenvalue weighted by Crippen LogP contribution is -2.35. The predicted octanol–water partition coefficient (Wildman–Crippen LogP) is 4.31. The zero-order valence-corrected chi connectivity index (χ0v) is 23.1. The summed E-state index contributed by atoms with van der Waals surface area (Å²) >= 11 is 0. The third kappa shape index (κ3) is 6.12. The number of alkyl halides is 3. The standard InChI is InChI=1S/C29H32F4N6O2/c1-17-27(18(2)39(36-17)26-8-7-23(12-34-26)29(31,32)33)28(41)38-15-21-13-37(14-22(21)16-38)10-9-25(35-19(3)40)20-5-4-6-24(30)11-20/h4-8,11-12,21-22,25H,9-10,13-16H2,1-3H3,(H,35,40). The van der Waals surface area contributed by atoms with Crippen molar-refractivity contribution in [3.05, 3.63) is 76.5 Å². The van der Waals surface area contributed by atoms with Gasteiger partial charge in [-0.05, 0) is 61.9 Å². The Kier molecular flexibility index (Phi) is 7.87. The fourth-order valence-electron chi connectivity index (χ4n) is 6.05. The molecule has 0 bridgehead atoms. The van der Waals surface area contributed by atoms with Crippen LogP contribution >= 0.6 is 0 Å². The van der Waals surface area contributed by atoms with Gasteiger partial charge in [0.15, 0.2) is 5.82 Å². The first-order valence-electron chi connectivity index (χ1n) is 13.5. The number of hydrogen-bond donors (Lipinski definition) is 1. The highest BCUT2D eigenvalue weighted by molar-refractivity contribution is 5.96. The lowest BCUT2D eigenvalue weighted by molar-refractivity contribution is -0.137. The zero-order chi connectivity index (χ0) is 29.5. The highest BCUT2D eigenvalue weighted by Crippen LogP contribution is 2.34. The molecule has 5 rings (SSSR count). The third-order valence-electron chi connectivity index (χ3n) is 8.01. The quantitative estimate of drug-likeness (QED) is 0.427. The Bertz CT molecular complexity index is 1420. The molecule has 3 aromatic rings. The highest BCUT2D eigenvalue weighted by atomic mass is 19.4. The van der Waals surface area contributed by atoms with E-state index in [1.54, 1.807) is 19.9 Å². The van der Waals surface area contributed by atoms with Gasteiger partial charge in [0, 0.05) is 45.8 Å². The molecule has 2 aromatic heterocycles. The predicted molar refractivity (Wildman–Crippen MR) is 143 cm³/mol. The Morgan fingerprint density at radius 3 is 2.37 bits per heavy atom. The number of amides is 2. The van der Waals surface area contributed by atoms with Crippen molar-refractivity contribution in [3.8, 4) is 5.82 Å². The molecule has 3 unspecified atom stereocenters. The maximum atomic E-state index is 13.8. The summed E-state index contributed by atoms with van der Waals surface area (Å²) in [5.41, 5.74) is 1.34. The Balaban J connectivity index is 1.21. The van der Waals surface area contributed by atoms with Gasteiger partial charge >= 0.3 is 6.18 Å². The number of halogens is 4. The summed E-state index contributed by atoms with van der Waals surface area (Å²) < 4.78 is 54.0. The minimum absolute atomic E-state index is 0.143. The van der Waals surface area contributed by atoms with Crippen molar-refractivity contribution in [1.29, 1.82) is 0 Å². The summed E-state index contributed by atoms with van der Waals surface area (Å²) in [5.74, 6) is 0.164. The van der Waals surface area contributed by atoms with Crippen LogP contribution in [0, 0.1) is 31.5 Å². The number of carbonyl (C=O) groups is 2. The van der Waals surface area contributed by atoms with Crippen molar-refractivity contribution in [1.82, 2.24) is 29.9 Å². The first kappa shape index (κ1) is 28.7. The Morgan fingerprint density at radius 1 is 1.07 bits per heavy atom. The van der Waals surface area contributed by atoms with Gasteiger partial charge in [-0.25, -0.2) is 14.1 Å². The molecule has 8 nitrogen and oxygen atoms in total. The van der Waals surface area contributed by atoms with Gasteiger partial charge in [-0.3, -0.25) is 9.59 Å². The molecule has 4 heterocycles. The molecule has 0 aliphatic carbocycles. The Hall–Kier alpha value is -3.80. The van der Waals surface area contributed by atoms with Gasteiger partial charge in [-0.1, -0.05) is 12.1 Å². The van der Waals surface area contributed by atoms with Crippen molar-refractivity contribution in [3.63, 3.8) is 0 Å². The minimum Gasteiger partial charge on any atom is -0.349 e. The average Bonchev–Trinajstić information content (AvgIpc) is 3.57. The number of hydrogen-bond acceptors (Lipinski definition) is 5. The van der Waals surface area contributed by atoms with Gasteiger partial charge in [0.2, 0.25) is 5.91 Å². The van der Waals surface area contributed by atoms with Crippen LogP contribution in [0.3, 0.4) is 0 Å². The van der Waals surface area contributed by atoms with Crippen LogP contribution in [-0.4, -0.2) is 69.1 Å². The van der Waals surface area contributed by atoms with E-state index in [1.165, 1.54) is 29.8 Å². The molecule has 2 aliphatic rings. The number of carbonyl (C=O) groups excluding carboxylic acids is 2. The third-order valence-corrected chi connectivity index (χ3v) is 8.01. The molecule has 1 aromatic carbocycles. The molecule has 2 fully saturated rings. The maximum absolute atomic E-state index is 13.8. The van der Waals surface area contributed by atoms with Crippen molar-refractivity contribution < 1.29 is 27.2 Å². The van der Waals surface area contributed by atoms with Crippen LogP contribution in [0.1, 0.15) is 52.3 Å². The molecule has 41 heavy (non-hydrogen) atoms. The van der Waals surface area contributed by atoms with Crippen LogP contribution in [0.2, 0.25) is 0 Å². The number of rotatable bonds is 7. The van der Waals surface area contributed by atoms with E-state index < -0.39 is 11.7 Å². The van der Waals surface area contributed by atoms with Crippen LogP contribution in [0.5, 0.6) is 0 Å². The number of nitrogens with one attached hydrogen (secondary N) is 1. The van der Waals surface area contributed by atoms with E-state index in [1.807, 2.05) is 11.0 Å². The number of nitrogens with zero attached hydrogens (tertiary/aromatic N) is 5. The van der Waals surface area contributed by atoms with E-state index >= 15 is 0 Å². The van der Waals surface area contributed by atoms with E-state index in [-0.39, 0.29) is 29.5 Å². The smallest absolute Gasteiger partial charge is 0.349 e. The van der Waals surface area contributed by atoms with Gasteiger partial charge in [-0.15, -0.1) is 0 Å². The van der Waals surface area contributed by atoms with E-state index in [0.29, 0.717) is 48.3 Å². The molecule has 1 N–H and O–H groups in total. The molecular weight excluding hydrogens is 540 g/mol. The number of fused-ring (bicyclic) bond motifs is 1. The van der Waals surface area contributed by atoms with Crippen LogP contribution in [0.25, 0.3) is 5.82 Å². The molecule has 0 radical (unpaired) electrons. The number of aromatic nitrogens is 3. The lowest BCUT2D eigenvalue weighted by Gasteiger charge is -2.24. The summed E-state index contributed by atoms with van der Waals surface area (Å²) in [7, 11) is 0. The normalized spacial score (nSPS) is 19.8.